The summed E-state index contributed by atoms with van der Waals surface area (Å²) in [6.07, 6.45) is 0.640. The van der Waals surface area contributed by atoms with Crippen molar-refractivity contribution in [2.45, 2.75) is 26.8 Å². The lowest BCUT2D eigenvalue weighted by molar-refractivity contribution is -0.137. The molecule has 6 heteroatoms. The van der Waals surface area contributed by atoms with Gasteiger partial charge in [-0.25, -0.2) is 0 Å². The van der Waals surface area contributed by atoms with Gasteiger partial charge in [-0.3, -0.25) is 14.5 Å². The first-order valence-corrected chi connectivity index (χ1v) is 10.6. The van der Waals surface area contributed by atoms with E-state index < -0.39 is 0 Å². The van der Waals surface area contributed by atoms with Gasteiger partial charge < -0.3 is 9.64 Å². The predicted octanol–water partition coefficient (Wildman–Crippen LogP) is 3.78. The second kappa shape index (κ2) is 9.66. The van der Waals surface area contributed by atoms with Crippen LogP contribution in [0.25, 0.3) is 5.57 Å². The second-order valence-electron chi connectivity index (χ2n) is 6.51. The Kier molecular flexibility index (Phi) is 7.01. The number of nitrogens with zero attached hydrogens (tertiary/aromatic N) is 2. The molecule has 0 radical (unpaired) electrons. The van der Waals surface area contributed by atoms with E-state index in [0.717, 1.165) is 10.4 Å². The highest BCUT2D eigenvalue weighted by Crippen LogP contribution is 2.34. The fraction of sp³-hybridized carbons (Fsp3) is 0.364. The van der Waals surface area contributed by atoms with E-state index in [4.69, 9.17) is 4.74 Å². The Labute approximate surface area is 170 Å². The minimum Gasteiger partial charge on any atom is -0.382 e. The molecule has 5 nitrogen and oxygen atoms in total. The lowest BCUT2D eigenvalue weighted by Crippen LogP contribution is -2.36. The maximum absolute atomic E-state index is 13.2. The van der Waals surface area contributed by atoms with Gasteiger partial charge >= 0.3 is 0 Å². The van der Waals surface area contributed by atoms with E-state index in [-0.39, 0.29) is 11.8 Å². The zero-order valence-electron chi connectivity index (χ0n) is 16.4. The molecular weight excluding hydrogens is 372 g/mol. The Morgan fingerprint density at radius 3 is 2.46 bits per heavy atom. The van der Waals surface area contributed by atoms with E-state index in [1.165, 1.54) is 16.2 Å². The van der Waals surface area contributed by atoms with Crippen LogP contribution in [0.1, 0.15) is 30.7 Å². The number of imide groups is 1. The number of ether oxygens (including phenoxy) is 1. The minimum atomic E-state index is -0.206. The van der Waals surface area contributed by atoms with Gasteiger partial charge in [0.25, 0.3) is 11.8 Å². The molecule has 1 aromatic carbocycles. The summed E-state index contributed by atoms with van der Waals surface area (Å²) in [6, 6.07) is 13.8. The quantitative estimate of drug-likeness (QED) is 0.451. The van der Waals surface area contributed by atoms with Crippen molar-refractivity contribution in [1.82, 2.24) is 9.80 Å². The summed E-state index contributed by atoms with van der Waals surface area (Å²) in [5, 5.41) is 1.93. The van der Waals surface area contributed by atoms with Gasteiger partial charge in [0.2, 0.25) is 0 Å². The van der Waals surface area contributed by atoms with E-state index >= 15 is 0 Å². The van der Waals surface area contributed by atoms with Crippen LogP contribution < -0.4 is 0 Å². The van der Waals surface area contributed by atoms with Gasteiger partial charge in [0.05, 0.1) is 5.57 Å². The maximum Gasteiger partial charge on any atom is 0.277 e. The summed E-state index contributed by atoms with van der Waals surface area (Å²) >= 11 is 1.49. The third kappa shape index (κ3) is 4.34. The van der Waals surface area contributed by atoms with Crippen LogP contribution in [0.4, 0.5) is 0 Å². The minimum absolute atomic E-state index is 0.203. The number of benzene rings is 1. The first-order valence-electron chi connectivity index (χ1n) is 9.68. The molecule has 1 aliphatic rings. The summed E-state index contributed by atoms with van der Waals surface area (Å²) in [5.74, 6) is -0.409. The first kappa shape index (κ1) is 20.3. The Morgan fingerprint density at radius 1 is 1.04 bits per heavy atom. The third-order valence-corrected chi connectivity index (χ3v) is 5.59. The van der Waals surface area contributed by atoms with Gasteiger partial charge in [-0.1, -0.05) is 36.4 Å². The molecule has 0 spiro atoms. The summed E-state index contributed by atoms with van der Waals surface area (Å²) in [4.78, 5) is 30.6. The highest BCUT2D eigenvalue weighted by Gasteiger charge is 2.41. The van der Waals surface area contributed by atoms with E-state index in [9.17, 15) is 9.59 Å². The second-order valence-corrected chi connectivity index (χ2v) is 7.46. The van der Waals surface area contributed by atoms with Crippen molar-refractivity contribution >= 4 is 28.7 Å². The summed E-state index contributed by atoms with van der Waals surface area (Å²) in [6.45, 7) is 6.73. The van der Waals surface area contributed by atoms with E-state index in [0.29, 0.717) is 50.5 Å². The van der Waals surface area contributed by atoms with Crippen molar-refractivity contribution in [2.75, 3.05) is 26.3 Å². The zero-order valence-corrected chi connectivity index (χ0v) is 17.2. The normalized spacial score (nSPS) is 14.3. The topological polar surface area (TPSA) is 49.9 Å². The number of rotatable bonds is 10. The fourth-order valence-electron chi connectivity index (χ4n) is 3.32. The van der Waals surface area contributed by atoms with Crippen LogP contribution >= 0.6 is 11.3 Å². The van der Waals surface area contributed by atoms with Gasteiger partial charge in [0.15, 0.2) is 0 Å². The molecule has 0 bridgehead atoms. The number of thiophene rings is 1. The number of hydrogen-bond acceptors (Lipinski definition) is 5. The van der Waals surface area contributed by atoms with Crippen LogP contribution in [-0.2, 0) is 20.9 Å². The van der Waals surface area contributed by atoms with Crippen molar-refractivity contribution in [3.63, 3.8) is 0 Å². The molecule has 1 aliphatic heterocycles. The lowest BCUT2D eigenvalue weighted by Gasteiger charge is -2.24. The number of carbonyl (C=O) groups excluding carboxylic acids is 2. The van der Waals surface area contributed by atoms with Crippen molar-refractivity contribution in [2.24, 2.45) is 0 Å². The van der Waals surface area contributed by atoms with Gasteiger partial charge in [0, 0.05) is 37.7 Å². The van der Waals surface area contributed by atoms with Crippen LogP contribution in [0.2, 0.25) is 0 Å². The van der Waals surface area contributed by atoms with E-state index in [2.05, 4.69) is 0 Å². The van der Waals surface area contributed by atoms with Gasteiger partial charge in [0.1, 0.15) is 5.70 Å². The molecule has 2 aromatic rings. The van der Waals surface area contributed by atoms with Crippen molar-refractivity contribution < 1.29 is 14.3 Å². The molecule has 148 valence electrons. The average Bonchev–Trinajstić information content (AvgIpc) is 3.32. The van der Waals surface area contributed by atoms with Crippen molar-refractivity contribution in [3.05, 3.63) is 64.0 Å². The van der Waals surface area contributed by atoms with Crippen LogP contribution in [-0.4, -0.2) is 47.9 Å². The van der Waals surface area contributed by atoms with Gasteiger partial charge in [-0.05, 0) is 37.3 Å². The molecule has 0 saturated heterocycles. The summed E-state index contributed by atoms with van der Waals surface area (Å²) in [7, 11) is 0. The summed E-state index contributed by atoms with van der Waals surface area (Å²) in [5.41, 5.74) is 2.14. The molecule has 2 heterocycles. The fourth-order valence-corrected chi connectivity index (χ4v) is 4.09. The highest BCUT2D eigenvalue weighted by molar-refractivity contribution is 7.11. The largest absolute Gasteiger partial charge is 0.382 e. The summed E-state index contributed by atoms with van der Waals surface area (Å²) < 4.78 is 5.37. The Morgan fingerprint density at radius 2 is 1.82 bits per heavy atom. The van der Waals surface area contributed by atoms with E-state index in [1.807, 2.05) is 66.6 Å². The number of carbonyl (C=O) groups is 2. The molecule has 28 heavy (non-hydrogen) atoms. The van der Waals surface area contributed by atoms with Crippen molar-refractivity contribution in [3.8, 4) is 0 Å². The molecule has 0 fully saturated rings. The maximum atomic E-state index is 13.2. The van der Waals surface area contributed by atoms with Crippen LogP contribution in [0.5, 0.6) is 0 Å². The van der Waals surface area contributed by atoms with Crippen LogP contribution in [0.3, 0.4) is 0 Å². The van der Waals surface area contributed by atoms with Gasteiger partial charge in [-0.2, -0.15) is 0 Å². The molecule has 0 aliphatic carbocycles. The molecule has 2 amide bonds. The van der Waals surface area contributed by atoms with Crippen LogP contribution in [0, 0.1) is 0 Å². The number of likely N-dealkylation sites (N-methyl/N-ethyl adjacent to an activating group) is 1. The van der Waals surface area contributed by atoms with E-state index in [1.54, 1.807) is 0 Å². The molecule has 0 N–H and O–H groups in total. The first-order chi connectivity index (χ1) is 13.7. The van der Waals surface area contributed by atoms with Gasteiger partial charge in [-0.15, -0.1) is 11.3 Å². The molecule has 0 unspecified atom stereocenters. The van der Waals surface area contributed by atoms with Crippen LogP contribution in [0.15, 0.2) is 53.5 Å². The molecule has 3 rings (SSSR count). The molecular formula is C22H26N2O3S. The predicted molar refractivity (Wildman–Crippen MR) is 112 cm³/mol. The third-order valence-electron chi connectivity index (χ3n) is 4.70. The van der Waals surface area contributed by atoms with Crippen molar-refractivity contribution in [1.29, 1.82) is 0 Å². The lowest BCUT2D eigenvalue weighted by atomic mass is 10.1. The Hall–Kier alpha value is -2.44. The average molecular weight is 399 g/mol. The zero-order chi connectivity index (χ0) is 19.9. The molecule has 1 aromatic heterocycles. The SMILES string of the molecule is CCOCCCN1C(=O)C(c2cccs2)=C(N(CC)Cc2ccccc2)C1=O. The monoisotopic (exact) mass is 398 g/mol. The smallest absolute Gasteiger partial charge is 0.277 e. The molecule has 0 atom stereocenters. The number of amides is 2. The molecule has 0 saturated carbocycles. The number of hydrogen-bond donors (Lipinski definition) is 0. The highest BCUT2D eigenvalue weighted by atomic mass is 32.1. The standard InChI is InChI=1S/C22H26N2O3S/c1-3-23(16-17-10-6-5-7-11-17)20-19(18-12-8-15-28-18)21(25)24(22(20)26)13-9-14-27-4-2/h5-8,10-12,15H,3-4,9,13-14,16H2,1-2H3. The Bertz CT molecular complexity index is 831. The Balaban J connectivity index is 1.90.